The van der Waals surface area contributed by atoms with Gasteiger partial charge in [0.05, 0.1) is 0 Å². The first-order valence-corrected chi connectivity index (χ1v) is 4.59. The monoisotopic (exact) mass is 242 g/mol. The summed E-state index contributed by atoms with van der Waals surface area (Å²) in [5, 5.41) is 2.95. The third kappa shape index (κ3) is 1.65. The number of nitrogens with one attached hydrogen (secondary N) is 1. The number of carbonyl (C=O) groups is 1. The molecule has 4 nitrogen and oxygen atoms in total. The normalized spacial score (nSPS) is 19.6. The molecule has 0 aliphatic carbocycles. The molecule has 0 amide bonds. The second-order valence-corrected chi connectivity index (χ2v) is 3.61. The Balaban J connectivity index is 2.31. The molecule has 1 aliphatic heterocycles. The van der Waals surface area contributed by atoms with Crippen LogP contribution in [0.5, 0.6) is 5.75 Å². The number of hydrogen-bond donors (Lipinski definition) is 1. The topological polar surface area (TPSA) is 51.2 Å². The lowest BCUT2D eigenvalue weighted by atomic mass is 10.3. The van der Waals surface area contributed by atoms with E-state index in [-0.39, 0.29) is 6.04 Å². The number of anilines is 1. The smallest absolute Gasteiger partial charge is 0.169 e. The van der Waals surface area contributed by atoms with Crippen LogP contribution in [0.4, 0.5) is 5.82 Å². The minimum Gasteiger partial charge on any atom is -0.487 e. The Labute approximate surface area is 83.4 Å². The highest BCUT2D eigenvalue weighted by Gasteiger charge is 2.18. The van der Waals surface area contributed by atoms with Crippen LogP contribution in [0, 0.1) is 0 Å². The number of rotatable bonds is 1. The van der Waals surface area contributed by atoms with Gasteiger partial charge in [0.2, 0.25) is 0 Å². The van der Waals surface area contributed by atoms with Crippen molar-refractivity contribution >= 4 is 28.0 Å². The van der Waals surface area contributed by atoms with Crippen molar-refractivity contribution in [3.8, 4) is 5.75 Å². The molecule has 0 radical (unpaired) electrons. The summed E-state index contributed by atoms with van der Waals surface area (Å²) >= 11 is 3.28. The van der Waals surface area contributed by atoms with Gasteiger partial charge < -0.3 is 14.8 Å². The first kappa shape index (κ1) is 8.50. The van der Waals surface area contributed by atoms with Crippen molar-refractivity contribution in [2.75, 3.05) is 11.9 Å². The van der Waals surface area contributed by atoms with Crippen molar-refractivity contribution in [1.29, 1.82) is 0 Å². The third-order valence-electron chi connectivity index (χ3n) is 1.72. The second-order valence-electron chi connectivity index (χ2n) is 2.70. The summed E-state index contributed by atoms with van der Waals surface area (Å²) in [7, 11) is 0. The van der Waals surface area contributed by atoms with Crippen LogP contribution in [0.25, 0.3) is 0 Å². The molecular weight excluding hydrogens is 236 g/mol. The summed E-state index contributed by atoms with van der Waals surface area (Å²) in [6.45, 7) is 0.356. The summed E-state index contributed by atoms with van der Waals surface area (Å²) in [5.41, 5.74) is 0. The molecule has 1 aliphatic rings. The highest BCUT2D eigenvalue weighted by Crippen LogP contribution is 2.28. The van der Waals surface area contributed by atoms with E-state index in [1.165, 1.54) is 0 Å². The highest BCUT2D eigenvalue weighted by molar-refractivity contribution is 9.10. The summed E-state index contributed by atoms with van der Waals surface area (Å²) in [4.78, 5) is 14.5. The molecule has 0 saturated carbocycles. The number of fused-ring (bicyclic) bond motifs is 1. The fraction of sp³-hybridized carbons (Fsp3) is 0.250. The average Bonchev–Trinajstić information content (AvgIpc) is 2.17. The third-order valence-corrected chi connectivity index (χ3v) is 2.16. The van der Waals surface area contributed by atoms with Crippen molar-refractivity contribution in [3.05, 3.63) is 16.7 Å². The van der Waals surface area contributed by atoms with E-state index in [9.17, 15) is 4.79 Å². The van der Waals surface area contributed by atoms with Crippen LogP contribution in [0.15, 0.2) is 16.7 Å². The number of aromatic nitrogens is 1. The molecule has 0 saturated heterocycles. The van der Waals surface area contributed by atoms with Gasteiger partial charge in [-0.05, 0) is 22.0 Å². The van der Waals surface area contributed by atoms with Crippen molar-refractivity contribution in [1.82, 2.24) is 4.98 Å². The number of nitrogens with zero attached hydrogens (tertiary/aromatic N) is 1. The molecule has 1 aromatic heterocycles. The van der Waals surface area contributed by atoms with Gasteiger partial charge in [-0.15, -0.1) is 0 Å². The molecule has 2 heterocycles. The summed E-state index contributed by atoms with van der Waals surface area (Å²) < 4.78 is 6.18. The largest absolute Gasteiger partial charge is 0.487 e. The molecule has 1 unspecified atom stereocenters. The lowest BCUT2D eigenvalue weighted by molar-refractivity contribution is -0.109. The van der Waals surface area contributed by atoms with Gasteiger partial charge in [-0.3, -0.25) is 0 Å². The van der Waals surface area contributed by atoms with Crippen LogP contribution in [-0.4, -0.2) is 23.9 Å². The highest BCUT2D eigenvalue weighted by atomic mass is 79.9. The van der Waals surface area contributed by atoms with Gasteiger partial charge in [0.25, 0.3) is 0 Å². The fourth-order valence-electron chi connectivity index (χ4n) is 1.11. The Bertz CT molecular complexity index is 343. The van der Waals surface area contributed by atoms with Crippen LogP contribution in [0.3, 0.4) is 0 Å². The molecule has 0 bridgehead atoms. The molecule has 5 heteroatoms. The molecule has 0 fully saturated rings. The molecule has 1 N–H and O–H groups in total. The number of ether oxygens (including phenoxy) is 1. The van der Waals surface area contributed by atoms with Crippen LogP contribution in [0.2, 0.25) is 0 Å². The molecule has 13 heavy (non-hydrogen) atoms. The fourth-order valence-corrected chi connectivity index (χ4v) is 1.42. The quantitative estimate of drug-likeness (QED) is 0.753. The maximum absolute atomic E-state index is 10.5. The maximum atomic E-state index is 10.5. The van der Waals surface area contributed by atoms with Crippen molar-refractivity contribution in [2.45, 2.75) is 6.04 Å². The number of halogens is 1. The Morgan fingerprint density at radius 1 is 1.77 bits per heavy atom. The first-order chi connectivity index (χ1) is 6.29. The molecule has 68 valence electrons. The predicted molar refractivity (Wildman–Crippen MR) is 50.9 cm³/mol. The average molecular weight is 243 g/mol. The van der Waals surface area contributed by atoms with Crippen LogP contribution >= 0.6 is 15.9 Å². The number of carbonyl (C=O) groups excluding carboxylic acids is 1. The van der Waals surface area contributed by atoms with Gasteiger partial charge in [-0.1, -0.05) is 0 Å². The number of aldehydes is 1. The van der Waals surface area contributed by atoms with E-state index in [0.717, 1.165) is 10.8 Å². The SMILES string of the molecule is O=CC1COc2cc(Br)cnc2N1. The zero-order valence-electron chi connectivity index (χ0n) is 6.66. The lowest BCUT2D eigenvalue weighted by Gasteiger charge is -2.22. The van der Waals surface area contributed by atoms with Gasteiger partial charge in [0, 0.05) is 10.7 Å². The molecule has 2 rings (SSSR count). The molecule has 0 spiro atoms. The van der Waals surface area contributed by atoms with Crippen molar-refractivity contribution in [2.24, 2.45) is 0 Å². The van der Waals surface area contributed by atoms with E-state index in [0.29, 0.717) is 18.2 Å². The van der Waals surface area contributed by atoms with Gasteiger partial charge in [0.1, 0.15) is 18.9 Å². The molecule has 1 atom stereocenters. The van der Waals surface area contributed by atoms with Crippen molar-refractivity contribution < 1.29 is 9.53 Å². The molecular formula is C8H7BrN2O2. The van der Waals surface area contributed by atoms with E-state index in [1.54, 1.807) is 6.20 Å². The van der Waals surface area contributed by atoms with Crippen LogP contribution in [-0.2, 0) is 4.79 Å². The van der Waals surface area contributed by atoms with E-state index in [4.69, 9.17) is 4.74 Å². The van der Waals surface area contributed by atoms with E-state index < -0.39 is 0 Å². The Kier molecular flexibility index (Phi) is 2.18. The predicted octanol–water partition coefficient (Wildman–Crippen LogP) is 1.22. The van der Waals surface area contributed by atoms with E-state index in [2.05, 4.69) is 26.2 Å². The Morgan fingerprint density at radius 2 is 2.62 bits per heavy atom. The van der Waals surface area contributed by atoms with E-state index >= 15 is 0 Å². The summed E-state index contributed by atoms with van der Waals surface area (Å²) in [5.74, 6) is 1.29. The minimum absolute atomic E-state index is 0.291. The zero-order chi connectivity index (χ0) is 9.26. The van der Waals surface area contributed by atoms with Crippen molar-refractivity contribution in [3.63, 3.8) is 0 Å². The van der Waals surface area contributed by atoms with E-state index in [1.807, 2.05) is 6.07 Å². The molecule has 0 aromatic carbocycles. The first-order valence-electron chi connectivity index (χ1n) is 3.80. The number of pyridine rings is 1. The summed E-state index contributed by atoms with van der Waals surface area (Å²) in [6, 6.07) is 1.53. The number of hydrogen-bond acceptors (Lipinski definition) is 4. The lowest BCUT2D eigenvalue weighted by Crippen LogP contribution is -2.33. The van der Waals surface area contributed by atoms with Gasteiger partial charge in [0.15, 0.2) is 11.6 Å². The minimum atomic E-state index is -0.291. The van der Waals surface area contributed by atoms with Crippen LogP contribution < -0.4 is 10.1 Å². The maximum Gasteiger partial charge on any atom is 0.169 e. The summed E-state index contributed by atoms with van der Waals surface area (Å²) in [6.07, 6.45) is 2.47. The van der Waals surface area contributed by atoms with Crippen LogP contribution in [0.1, 0.15) is 0 Å². The Morgan fingerprint density at radius 3 is 3.38 bits per heavy atom. The standard InChI is InChI=1S/C8H7BrN2O2/c9-5-1-7-8(10-2-5)11-6(3-12)4-13-7/h1-3,6H,4H2,(H,10,11). The second kappa shape index (κ2) is 3.33. The van der Waals surface area contributed by atoms with Gasteiger partial charge in [-0.2, -0.15) is 0 Å². The molecule has 1 aromatic rings. The van der Waals surface area contributed by atoms with Gasteiger partial charge >= 0.3 is 0 Å². The Hall–Kier alpha value is -1.10. The zero-order valence-corrected chi connectivity index (χ0v) is 8.24. The van der Waals surface area contributed by atoms with Gasteiger partial charge in [-0.25, -0.2) is 4.98 Å².